The van der Waals surface area contributed by atoms with Gasteiger partial charge in [-0.1, -0.05) is 18.2 Å². The summed E-state index contributed by atoms with van der Waals surface area (Å²) >= 11 is 1.63. The molecule has 0 heterocycles. The molecule has 0 spiro atoms. The standard InChI is InChI=1S/C19H18N2O4S/c20-12-15-6-8-16(9-7-15)24-14-19(23)25-13-18(22)21-10-11-26-17-4-2-1-3-5-17/h1-9H,10-11,13-14H2,(H,21,22). The maximum absolute atomic E-state index is 11.6. The van der Waals surface area contributed by atoms with E-state index in [0.717, 1.165) is 10.6 Å². The highest BCUT2D eigenvalue weighted by Crippen LogP contribution is 2.15. The van der Waals surface area contributed by atoms with E-state index < -0.39 is 5.97 Å². The summed E-state index contributed by atoms with van der Waals surface area (Å²) in [6.45, 7) is -0.160. The van der Waals surface area contributed by atoms with Crippen molar-refractivity contribution in [3.63, 3.8) is 0 Å². The smallest absolute Gasteiger partial charge is 0.344 e. The van der Waals surface area contributed by atoms with E-state index in [-0.39, 0.29) is 19.1 Å². The van der Waals surface area contributed by atoms with Crippen LogP contribution in [0.1, 0.15) is 5.56 Å². The van der Waals surface area contributed by atoms with E-state index in [0.29, 0.717) is 17.9 Å². The summed E-state index contributed by atoms with van der Waals surface area (Å²) in [6, 6.07) is 18.2. The van der Waals surface area contributed by atoms with Crippen molar-refractivity contribution in [1.29, 1.82) is 5.26 Å². The molecule has 0 saturated heterocycles. The molecule has 0 aromatic heterocycles. The first-order valence-electron chi connectivity index (χ1n) is 7.90. The molecule has 26 heavy (non-hydrogen) atoms. The molecule has 0 saturated carbocycles. The van der Waals surface area contributed by atoms with Crippen LogP contribution in [0.25, 0.3) is 0 Å². The second-order valence-corrected chi connectivity index (χ2v) is 6.27. The number of nitriles is 1. The van der Waals surface area contributed by atoms with Gasteiger partial charge in [0.1, 0.15) is 5.75 Å². The molecule has 1 N–H and O–H groups in total. The van der Waals surface area contributed by atoms with Gasteiger partial charge >= 0.3 is 5.97 Å². The number of carbonyl (C=O) groups excluding carboxylic acids is 2. The van der Waals surface area contributed by atoms with Crippen LogP contribution in [-0.4, -0.2) is 37.4 Å². The Labute approximate surface area is 156 Å². The molecular weight excluding hydrogens is 352 g/mol. The minimum Gasteiger partial charge on any atom is -0.482 e. The number of hydrogen-bond acceptors (Lipinski definition) is 6. The summed E-state index contributed by atoms with van der Waals surface area (Å²) in [5.74, 6) is 0.183. The molecule has 1 amide bonds. The summed E-state index contributed by atoms with van der Waals surface area (Å²) in [5, 5.41) is 11.4. The van der Waals surface area contributed by atoms with Gasteiger partial charge in [0, 0.05) is 17.2 Å². The third-order valence-corrected chi connectivity index (χ3v) is 4.15. The van der Waals surface area contributed by atoms with E-state index in [4.69, 9.17) is 14.7 Å². The number of benzene rings is 2. The van der Waals surface area contributed by atoms with E-state index in [9.17, 15) is 9.59 Å². The third kappa shape index (κ3) is 7.28. The van der Waals surface area contributed by atoms with Crippen LogP contribution in [0.4, 0.5) is 0 Å². The Bertz CT molecular complexity index is 757. The van der Waals surface area contributed by atoms with Gasteiger partial charge in [-0.2, -0.15) is 5.26 Å². The van der Waals surface area contributed by atoms with Crippen molar-refractivity contribution in [3.05, 3.63) is 60.2 Å². The first kappa shape index (κ1) is 19.3. The zero-order valence-corrected chi connectivity index (χ0v) is 14.8. The van der Waals surface area contributed by atoms with Gasteiger partial charge in [-0.05, 0) is 36.4 Å². The molecule has 2 aromatic carbocycles. The molecule has 0 radical (unpaired) electrons. The van der Waals surface area contributed by atoms with Crippen molar-refractivity contribution in [2.75, 3.05) is 25.5 Å². The van der Waals surface area contributed by atoms with Crippen molar-refractivity contribution in [2.24, 2.45) is 0 Å². The molecule has 0 aliphatic rings. The third-order valence-electron chi connectivity index (χ3n) is 3.14. The van der Waals surface area contributed by atoms with Crippen LogP contribution >= 0.6 is 11.8 Å². The molecule has 6 nitrogen and oxygen atoms in total. The molecule has 2 aromatic rings. The average molecular weight is 370 g/mol. The lowest BCUT2D eigenvalue weighted by molar-refractivity contribution is -0.150. The number of thioether (sulfide) groups is 1. The number of hydrogen-bond donors (Lipinski definition) is 1. The van der Waals surface area contributed by atoms with Crippen LogP contribution in [0, 0.1) is 11.3 Å². The van der Waals surface area contributed by atoms with Crippen molar-refractivity contribution in [1.82, 2.24) is 5.32 Å². The predicted molar refractivity (Wildman–Crippen MR) is 97.8 cm³/mol. The topological polar surface area (TPSA) is 88.4 Å². The molecule has 0 atom stereocenters. The Balaban J connectivity index is 1.56. The second-order valence-electron chi connectivity index (χ2n) is 5.10. The quantitative estimate of drug-likeness (QED) is 0.414. The van der Waals surface area contributed by atoms with Crippen LogP contribution in [0.5, 0.6) is 5.75 Å². The van der Waals surface area contributed by atoms with Gasteiger partial charge in [-0.25, -0.2) is 4.79 Å². The van der Waals surface area contributed by atoms with Crippen LogP contribution < -0.4 is 10.1 Å². The number of nitrogens with zero attached hydrogens (tertiary/aromatic N) is 1. The lowest BCUT2D eigenvalue weighted by Crippen LogP contribution is -2.31. The number of esters is 1. The average Bonchev–Trinajstić information content (AvgIpc) is 2.69. The van der Waals surface area contributed by atoms with E-state index in [1.165, 1.54) is 0 Å². The fourth-order valence-electron chi connectivity index (χ4n) is 1.88. The van der Waals surface area contributed by atoms with Gasteiger partial charge in [0.15, 0.2) is 13.2 Å². The van der Waals surface area contributed by atoms with Crippen molar-refractivity contribution in [2.45, 2.75) is 4.90 Å². The molecule has 0 aliphatic carbocycles. The number of carbonyl (C=O) groups is 2. The summed E-state index contributed by atoms with van der Waals surface area (Å²) < 4.78 is 10.1. The molecule has 134 valence electrons. The molecule has 0 fully saturated rings. The first-order valence-corrected chi connectivity index (χ1v) is 8.89. The Kier molecular flexibility index (Phi) is 8.03. The molecular formula is C19H18N2O4S. The van der Waals surface area contributed by atoms with E-state index in [1.807, 2.05) is 36.4 Å². The van der Waals surface area contributed by atoms with E-state index in [2.05, 4.69) is 5.32 Å². The van der Waals surface area contributed by atoms with Gasteiger partial charge in [-0.15, -0.1) is 11.8 Å². The van der Waals surface area contributed by atoms with Crippen LogP contribution in [0.3, 0.4) is 0 Å². The minimum atomic E-state index is -0.636. The Hall–Kier alpha value is -2.98. The van der Waals surface area contributed by atoms with Crippen molar-refractivity contribution < 1.29 is 19.1 Å². The number of nitrogens with one attached hydrogen (secondary N) is 1. The number of amides is 1. The highest BCUT2D eigenvalue weighted by Gasteiger charge is 2.08. The van der Waals surface area contributed by atoms with Crippen molar-refractivity contribution in [3.8, 4) is 11.8 Å². The van der Waals surface area contributed by atoms with Crippen molar-refractivity contribution >= 4 is 23.6 Å². The fraction of sp³-hybridized carbons (Fsp3) is 0.211. The first-order chi connectivity index (χ1) is 12.7. The Morgan fingerprint density at radius 3 is 2.46 bits per heavy atom. The van der Waals surface area contributed by atoms with Crippen LogP contribution in [0.15, 0.2) is 59.5 Å². The van der Waals surface area contributed by atoms with Gasteiger partial charge in [-0.3, -0.25) is 4.79 Å². The zero-order valence-electron chi connectivity index (χ0n) is 14.0. The Morgan fingerprint density at radius 2 is 1.77 bits per heavy atom. The van der Waals surface area contributed by atoms with Gasteiger partial charge in [0.05, 0.1) is 11.6 Å². The fourth-order valence-corrected chi connectivity index (χ4v) is 2.67. The number of rotatable bonds is 9. The summed E-state index contributed by atoms with van der Waals surface area (Å²) in [4.78, 5) is 24.3. The highest BCUT2D eigenvalue weighted by molar-refractivity contribution is 7.99. The summed E-state index contributed by atoms with van der Waals surface area (Å²) in [7, 11) is 0. The van der Waals surface area contributed by atoms with E-state index in [1.54, 1.807) is 36.0 Å². The molecule has 0 bridgehead atoms. The normalized spacial score (nSPS) is 9.81. The predicted octanol–water partition coefficient (Wildman–Crippen LogP) is 2.39. The minimum absolute atomic E-state index is 0.303. The zero-order chi connectivity index (χ0) is 18.6. The van der Waals surface area contributed by atoms with Gasteiger partial charge < -0.3 is 14.8 Å². The monoisotopic (exact) mass is 370 g/mol. The second kappa shape index (κ2) is 10.8. The number of ether oxygens (including phenoxy) is 2. The molecule has 0 aliphatic heterocycles. The SMILES string of the molecule is N#Cc1ccc(OCC(=O)OCC(=O)NCCSc2ccccc2)cc1. The van der Waals surface area contributed by atoms with Gasteiger partial charge in [0.25, 0.3) is 5.91 Å². The Morgan fingerprint density at radius 1 is 1.04 bits per heavy atom. The van der Waals surface area contributed by atoms with E-state index >= 15 is 0 Å². The largest absolute Gasteiger partial charge is 0.482 e. The molecule has 7 heteroatoms. The maximum Gasteiger partial charge on any atom is 0.344 e. The summed E-state index contributed by atoms with van der Waals surface area (Å²) in [6.07, 6.45) is 0. The highest BCUT2D eigenvalue weighted by atomic mass is 32.2. The summed E-state index contributed by atoms with van der Waals surface area (Å²) in [5.41, 5.74) is 0.502. The lowest BCUT2D eigenvalue weighted by Gasteiger charge is -2.08. The lowest BCUT2D eigenvalue weighted by atomic mass is 10.2. The molecule has 2 rings (SSSR count). The van der Waals surface area contributed by atoms with Crippen LogP contribution in [0.2, 0.25) is 0 Å². The molecule has 0 unspecified atom stereocenters. The van der Waals surface area contributed by atoms with Gasteiger partial charge in [0.2, 0.25) is 0 Å². The van der Waals surface area contributed by atoms with Crippen LogP contribution in [-0.2, 0) is 14.3 Å². The maximum atomic E-state index is 11.6.